The standard InChI is InChI=1S/C11H11NO6/c1-6-8(11(15)16)2-7(18-6)3-12-9(13)4-17-5-10(12)14/h2H,3-5H2,1H3,(H,15,16). The van der Waals surface area contributed by atoms with Gasteiger partial charge >= 0.3 is 5.97 Å². The smallest absolute Gasteiger partial charge is 0.339 e. The minimum absolute atomic E-state index is 0.0261. The second-order valence-corrected chi connectivity index (χ2v) is 3.85. The van der Waals surface area contributed by atoms with Gasteiger partial charge in [-0.25, -0.2) is 4.79 Å². The number of carboxylic acid groups (broad SMARTS) is 1. The van der Waals surface area contributed by atoms with Crippen molar-refractivity contribution in [3.63, 3.8) is 0 Å². The maximum Gasteiger partial charge on any atom is 0.339 e. The zero-order chi connectivity index (χ0) is 13.3. The van der Waals surface area contributed by atoms with E-state index in [1.807, 2.05) is 0 Å². The van der Waals surface area contributed by atoms with E-state index in [0.717, 1.165) is 4.90 Å². The van der Waals surface area contributed by atoms with E-state index in [1.165, 1.54) is 13.0 Å². The number of morpholine rings is 1. The normalized spacial score (nSPS) is 16.2. The first-order valence-electron chi connectivity index (χ1n) is 5.22. The molecule has 2 heterocycles. The Balaban J connectivity index is 2.18. The second kappa shape index (κ2) is 4.61. The first kappa shape index (κ1) is 12.3. The van der Waals surface area contributed by atoms with Gasteiger partial charge in [-0.15, -0.1) is 0 Å². The summed E-state index contributed by atoms with van der Waals surface area (Å²) in [6, 6.07) is 1.31. The molecule has 96 valence electrons. The fourth-order valence-electron chi connectivity index (χ4n) is 1.69. The van der Waals surface area contributed by atoms with Gasteiger partial charge in [0, 0.05) is 0 Å². The number of amides is 2. The number of ether oxygens (including phenoxy) is 1. The van der Waals surface area contributed by atoms with Crippen LogP contribution in [0.2, 0.25) is 0 Å². The van der Waals surface area contributed by atoms with Crippen molar-refractivity contribution in [2.75, 3.05) is 13.2 Å². The van der Waals surface area contributed by atoms with Crippen molar-refractivity contribution < 1.29 is 28.6 Å². The molecular formula is C11H11NO6. The van der Waals surface area contributed by atoms with Crippen LogP contribution in [-0.4, -0.2) is 41.0 Å². The third-order valence-electron chi connectivity index (χ3n) is 2.57. The molecule has 0 radical (unpaired) electrons. The Morgan fingerprint density at radius 3 is 2.50 bits per heavy atom. The third kappa shape index (κ3) is 2.25. The number of furan rings is 1. The van der Waals surface area contributed by atoms with E-state index >= 15 is 0 Å². The summed E-state index contributed by atoms with van der Waals surface area (Å²) < 4.78 is 9.97. The number of rotatable bonds is 3. The summed E-state index contributed by atoms with van der Waals surface area (Å²) in [5.74, 6) is -1.53. The van der Waals surface area contributed by atoms with Crippen molar-refractivity contribution in [1.82, 2.24) is 4.90 Å². The Morgan fingerprint density at radius 1 is 1.39 bits per heavy atom. The monoisotopic (exact) mass is 253 g/mol. The van der Waals surface area contributed by atoms with Crippen molar-refractivity contribution in [1.29, 1.82) is 0 Å². The molecule has 2 amide bonds. The number of carboxylic acids is 1. The van der Waals surface area contributed by atoms with Gasteiger partial charge in [0.05, 0.1) is 6.54 Å². The van der Waals surface area contributed by atoms with Gasteiger partial charge in [-0.2, -0.15) is 0 Å². The van der Waals surface area contributed by atoms with Gasteiger partial charge in [0.1, 0.15) is 30.3 Å². The van der Waals surface area contributed by atoms with Gasteiger partial charge in [0.25, 0.3) is 11.8 Å². The quantitative estimate of drug-likeness (QED) is 0.771. The highest BCUT2D eigenvalue weighted by molar-refractivity contribution is 5.98. The molecule has 1 fully saturated rings. The number of aryl methyl sites for hydroxylation is 1. The first-order valence-corrected chi connectivity index (χ1v) is 5.22. The number of carbonyl (C=O) groups excluding carboxylic acids is 2. The molecule has 0 saturated carbocycles. The van der Waals surface area contributed by atoms with E-state index in [-0.39, 0.29) is 36.8 Å². The van der Waals surface area contributed by atoms with E-state index in [2.05, 4.69) is 0 Å². The predicted molar refractivity (Wildman–Crippen MR) is 56.8 cm³/mol. The highest BCUT2D eigenvalue weighted by Gasteiger charge is 2.28. The van der Waals surface area contributed by atoms with Crippen molar-refractivity contribution in [2.45, 2.75) is 13.5 Å². The van der Waals surface area contributed by atoms with Crippen LogP contribution in [-0.2, 0) is 20.9 Å². The average molecular weight is 253 g/mol. The molecule has 1 aliphatic rings. The summed E-state index contributed by atoms with van der Waals surface area (Å²) in [6.07, 6.45) is 0. The molecule has 0 spiro atoms. The Kier molecular flexibility index (Phi) is 3.15. The summed E-state index contributed by atoms with van der Waals surface area (Å²) in [7, 11) is 0. The van der Waals surface area contributed by atoms with E-state index in [0.29, 0.717) is 0 Å². The van der Waals surface area contributed by atoms with Crippen LogP contribution in [0.3, 0.4) is 0 Å². The van der Waals surface area contributed by atoms with Crippen molar-refractivity contribution in [3.05, 3.63) is 23.2 Å². The lowest BCUT2D eigenvalue weighted by atomic mass is 10.2. The van der Waals surface area contributed by atoms with E-state index in [9.17, 15) is 14.4 Å². The Morgan fingerprint density at radius 2 is 2.00 bits per heavy atom. The molecule has 1 saturated heterocycles. The van der Waals surface area contributed by atoms with E-state index < -0.39 is 17.8 Å². The molecule has 0 atom stereocenters. The minimum atomic E-state index is -1.11. The van der Waals surface area contributed by atoms with Crippen molar-refractivity contribution in [2.24, 2.45) is 0 Å². The molecule has 1 aromatic rings. The maximum absolute atomic E-state index is 11.5. The van der Waals surface area contributed by atoms with Crippen molar-refractivity contribution in [3.8, 4) is 0 Å². The number of carbonyl (C=O) groups is 3. The fraction of sp³-hybridized carbons (Fsp3) is 0.364. The van der Waals surface area contributed by atoms with E-state index in [4.69, 9.17) is 14.3 Å². The molecule has 2 rings (SSSR count). The van der Waals surface area contributed by atoms with Crippen LogP contribution in [0.25, 0.3) is 0 Å². The van der Waals surface area contributed by atoms with Crippen LogP contribution >= 0.6 is 0 Å². The minimum Gasteiger partial charge on any atom is -0.478 e. The van der Waals surface area contributed by atoms with Crippen LogP contribution in [0, 0.1) is 6.92 Å². The third-order valence-corrected chi connectivity index (χ3v) is 2.57. The predicted octanol–water partition coefficient (Wildman–Crippen LogP) is 0.172. The van der Waals surface area contributed by atoms with Crippen LogP contribution in [0.15, 0.2) is 10.5 Å². The van der Waals surface area contributed by atoms with Gasteiger partial charge in [-0.3, -0.25) is 14.5 Å². The molecule has 1 aliphatic heterocycles. The molecule has 0 bridgehead atoms. The van der Waals surface area contributed by atoms with Gasteiger partial charge < -0.3 is 14.3 Å². The second-order valence-electron chi connectivity index (χ2n) is 3.85. The topological polar surface area (TPSA) is 97.1 Å². The van der Waals surface area contributed by atoms with Crippen LogP contribution < -0.4 is 0 Å². The lowest BCUT2D eigenvalue weighted by Crippen LogP contribution is -2.45. The van der Waals surface area contributed by atoms with Crippen LogP contribution in [0.1, 0.15) is 21.9 Å². The molecule has 7 heteroatoms. The number of aromatic carboxylic acids is 1. The SMILES string of the molecule is Cc1oc(CN2C(=O)COCC2=O)cc1C(=O)O. The lowest BCUT2D eigenvalue weighted by Gasteiger charge is -2.23. The summed E-state index contributed by atoms with van der Waals surface area (Å²) in [5, 5.41) is 8.86. The fourth-order valence-corrected chi connectivity index (χ4v) is 1.69. The zero-order valence-electron chi connectivity index (χ0n) is 9.63. The first-order chi connectivity index (χ1) is 8.49. The van der Waals surface area contributed by atoms with Gasteiger partial charge in [0.15, 0.2) is 0 Å². The maximum atomic E-state index is 11.5. The Hall–Kier alpha value is -2.15. The zero-order valence-corrected chi connectivity index (χ0v) is 9.63. The summed E-state index contributed by atoms with van der Waals surface area (Å²) in [5.41, 5.74) is 0.0261. The Bertz CT molecular complexity index is 502. The molecule has 18 heavy (non-hydrogen) atoms. The average Bonchev–Trinajstić information content (AvgIpc) is 2.65. The van der Waals surface area contributed by atoms with E-state index in [1.54, 1.807) is 0 Å². The van der Waals surface area contributed by atoms with Gasteiger partial charge in [-0.1, -0.05) is 0 Å². The number of nitrogens with zero attached hydrogens (tertiary/aromatic N) is 1. The molecule has 0 aromatic carbocycles. The highest BCUT2D eigenvalue weighted by Crippen LogP contribution is 2.17. The molecule has 7 nitrogen and oxygen atoms in total. The molecular weight excluding hydrogens is 242 g/mol. The Labute approximate surface area is 102 Å². The lowest BCUT2D eigenvalue weighted by molar-refractivity contribution is -0.159. The summed E-state index contributed by atoms with van der Waals surface area (Å²) in [4.78, 5) is 34.7. The molecule has 0 aliphatic carbocycles. The summed E-state index contributed by atoms with van der Waals surface area (Å²) in [6.45, 7) is 1.12. The number of hydrogen-bond acceptors (Lipinski definition) is 5. The van der Waals surface area contributed by atoms with Gasteiger partial charge in [0.2, 0.25) is 0 Å². The molecule has 1 aromatic heterocycles. The largest absolute Gasteiger partial charge is 0.478 e. The van der Waals surface area contributed by atoms with Crippen molar-refractivity contribution >= 4 is 17.8 Å². The van der Waals surface area contributed by atoms with Crippen LogP contribution in [0.5, 0.6) is 0 Å². The van der Waals surface area contributed by atoms with Gasteiger partial charge in [-0.05, 0) is 13.0 Å². The highest BCUT2D eigenvalue weighted by atomic mass is 16.5. The molecule has 0 unspecified atom stereocenters. The summed E-state index contributed by atoms with van der Waals surface area (Å²) >= 11 is 0. The van der Waals surface area contributed by atoms with Crippen LogP contribution in [0.4, 0.5) is 0 Å². The number of imide groups is 1. The molecule has 1 N–H and O–H groups in total. The number of hydrogen-bond donors (Lipinski definition) is 1.